The summed E-state index contributed by atoms with van der Waals surface area (Å²) in [5, 5.41) is 13.2. The molecule has 0 heterocycles. The van der Waals surface area contributed by atoms with Gasteiger partial charge in [-0.3, -0.25) is 14.9 Å². The van der Waals surface area contributed by atoms with Gasteiger partial charge in [-0.2, -0.15) is 0 Å². The number of esters is 1. The summed E-state index contributed by atoms with van der Waals surface area (Å²) in [5.41, 5.74) is 1.44. The van der Waals surface area contributed by atoms with E-state index in [-0.39, 0.29) is 11.4 Å². The molecule has 0 aliphatic carbocycles. The van der Waals surface area contributed by atoms with Crippen LogP contribution in [-0.2, 0) is 14.3 Å². The van der Waals surface area contributed by atoms with Crippen molar-refractivity contribution < 1.29 is 19.2 Å². The third-order valence-corrected chi connectivity index (χ3v) is 2.44. The zero-order chi connectivity index (χ0) is 16.0. The number of amides is 1. The first-order chi connectivity index (χ1) is 9.79. The maximum Gasteiger partial charge on any atom is 0.331 e. The maximum atomic E-state index is 11.6. The highest BCUT2D eigenvalue weighted by Gasteiger charge is 2.13. The first-order valence-electron chi connectivity index (χ1n) is 6.16. The molecule has 0 aliphatic rings. The largest absolute Gasteiger partial charge is 0.452 e. The number of anilines is 1. The normalized spacial score (nSPS) is 9.67. The van der Waals surface area contributed by atoms with Gasteiger partial charge in [-0.15, -0.1) is 0 Å². The van der Waals surface area contributed by atoms with Crippen LogP contribution in [0.1, 0.15) is 19.4 Å². The van der Waals surface area contributed by atoms with Gasteiger partial charge in [0.2, 0.25) is 0 Å². The minimum atomic E-state index is -0.611. The first kappa shape index (κ1) is 16.4. The Morgan fingerprint density at radius 3 is 2.62 bits per heavy atom. The fraction of sp³-hybridized carbons (Fsp3) is 0.286. The average molecular weight is 292 g/mol. The summed E-state index contributed by atoms with van der Waals surface area (Å²) in [5.74, 6) is -1.18. The third-order valence-electron chi connectivity index (χ3n) is 2.44. The monoisotopic (exact) mass is 292 g/mol. The number of benzene rings is 1. The lowest BCUT2D eigenvalue weighted by Crippen LogP contribution is -2.20. The molecule has 0 radical (unpaired) electrons. The van der Waals surface area contributed by atoms with E-state index in [4.69, 9.17) is 4.74 Å². The van der Waals surface area contributed by atoms with Crippen molar-refractivity contribution in [2.75, 3.05) is 11.9 Å². The summed E-state index contributed by atoms with van der Waals surface area (Å²) in [6, 6.07) is 4.33. The van der Waals surface area contributed by atoms with Gasteiger partial charge < -0.3 is 10.1 Å². The van der Waals surface area contributed by atoms with E-state index < -0.39 is 23.4 Å². The smallest absolute Gasteiger partial charge is 0.331 e. The highest BCUT2D eigenvalue weighted by molar-refractivity contribution is 5.94. The van der Waals surface area contributed by atoms with Gasteiger partial charge in [0.1, 0.15) is 0 Å². The fourth-order valence-electron chi connectivity index (χ4n) is 1.49. The quantitative estimate of drug-likeness (QED) is 0.389. The predicted molar refractivity (Wildman–Crippen MR) is 76.9 cm³/mol. The molecule has 21 heavy (non-hydrogen) atoms. The van der Waals surface area contributed by atoms with Gasteiger partial charge in [-0.1, -0.05) is 11.6 Å². The van der Waals surface area contributed by atoms with Gasteiger partial charge in [-0.25, -0.2) is 4.79 Å². The average Bonchev–Trinajstić information content (AvgIpc) is 2.37. The minimum Gasteiger partial charge on any atom is -0.452 e. The van der Waals surface area contributed by atoms with E-state index in [0.717, 1.165) is 5.57 Å². The van der Waals surface area contributed by atoms with Gasteiger partial charge in [0, 0.05) is 23.4 Å². The second kappa shape index (κ2) is 7.18. The van der Waals surface area contributed by atoms with Crippen molar-refractivity contribution in [3.8, 4) is 0 Å². The van der Waals surface area contributed by atoms with Gasteiger partial charge in [-0.05, 0) is 26.8 Å². The van der Waals surface area contributed by atoms with Crippen LogP contribution in [0, 0.1) is 17.0 Å². The van der Waals surface area contributed by atoms with Crippen LogP contribution in [0.3, 0.4) is 0 Å². The van der Waals surface area contributed by atoms with Crippen molar-refractivity contribution in [3.63, 3.8) is 0 Å². The summed E-state index contributed by atoms with van der Waals surface area (Å²) < 4.78 is 4.73. The van der Waals surface area contributed by atoms with Crippen molar-refractivity contribution in [2.45, 2.75) is 20.8 Å². The van der Waals surface area contributed by atoms with Crippen molar-refractivity contribution >= 4 is 23.3 Å². The van der Waals surface area contributed by atoms with E-state index >= 15 is 0 Å². The molecule has 1 amide bonds. The minimum absolute atomic E-state index is 0.0886. The molecule has 0 aliphatic heterocycles. The third kappa shape index (κ3) is 5.43. The van der Waals surface area contributed by atoms with Crippen LogP contribution in [0.15, 0.2) is 29.8 Å². The molecule has 0 atom stereocenters. The molecule has 1 N–H and O–H groups in total. The lowest BCUT2D eigenvalue weighted by atomic mass is 10.2. The van der Waals surface area contributed by atoms with Crippen LogP contribution < -0.4 is 5.32 Å². The number of nitrogens with zero attached hydrogens (tertiary/aromatic N) is 1. The molecule has 0 saturated heterocycles. The fourth-order valence-corrected chi connectivity index (χ4v) is 1.49. The van der Waals surface area contributed by atoms with Crippen LogP contribution in [0.25, 0.3) is 0 Å². The zero-order valence-corrected chi connectivity index (χ0v) is 12.0. The number of rotatable bonds is 5. The summed E-state index contributed by atoms with van der Waals surface area (Å²) in [4.78, 5) is 33.1. The number of nitro groups is 1. The van der Waals surface area contributed by atoms with Gasteiger partial charge in [0.05, 0.1) is 4.92 Å². The summed E-state index contributed by atoms with van der Waals surface area (Å²) in [6.07, 6.45) is 1.27. The number of carbonyl (C=O) groups is 2. The van der Waals surface area contributed by atoms with Crippen molar-refractivity contribution in [1.82, 2.24) is 0 Å². The highest BCUT2D eigenvalue weighted by Crippen LogP contribution is 2.22. The number of carbonyl (C=O) groups excluding carboxylic acids is 2. The number of allylic oxidation sites excluding steroid dienone is 1. The molecule has 112 valence electrons. The number of nitro benzene ring substituents is 1. The molecule has 1 aromatic rings. The van der Waals surface area contributed by atoms with Crippen LogP contribution >= 0.6 is 0 Å². The molecule has 7 heteroatoms. The Labute approximate surface area is 121 Å². The molecule has 7 nitrogen and oxygen atoms in total. The van der Waals surface area contributed by atoms with E-state index in [9.17, 15) is 19.7 Å². The molecule has 1 rings (SSSR count). The molecule has 0 saturated carbocycles. The second-order valence-electron chi connectivity index (χ2n) is 4.64. The van der Waals surface area contributed by atoms with E-state index in [1.54, 1.807) is 20.8 Å². The van der Waals surface area contributed by atoms with Crippen LogP contribution in [0.4, 0.5) is 11.4 Å². The molecule has 0 aromatic heterocycles. The lowest BCUT2D eigenvalue weighted by molar-refractivity contribution is -0.385. The Kier molecular flexibility index (Phi) is 5.59. The Balaban J connectivity index is 2.63. The van der Waals surface area contributed by atoms with E-state index in [1.165, 1.54) is 24.3 Å². The number of ether oxygens (including phenoxy) is 1. The summed E-state index contributed by atoms with van der Waals surface area (Å²) in [7, 11) is 0. The van der Waals surface area contributed by atoms with Crippen LogP contribution in [0.2, 0.25) is 0 Å². The van der Waals surface area contributed by atoms with Crippen molar-refractivity contribution in [3.05, 3.63) is 45.5 Å². The zero-order valence-electron chi connectivity index (χ0n) is 12.0. The topological polar surface area (TPSA) is 98.5 Å². The SMILES string of the molecule is CC(C)=CC(=O)OCC(=O)Nc1ccc(C)c([N+](=O)[O-])c1. The Morgan fingerprint density at radius 1 is 1.38 bits per heavy atom. The van der Waals surface area contributed by atoms with Crippen molar-refractivity contribution in [2.24, 2.45) is 0 Å². The van der Waals surface area contributed by atoms with Crippen LogP contribution in [-0.4, -0.2) is 23.4 Å². The summed E-state index contributed by atoms with van der Waals surface area (Å²) >= 11 is 0. The second-order valence-corrected chi connectivity index (χ2v) is 4.64. The summed E-state index contributed by atoms with van der Waals surface area (Å²) in [6.45, 7) is 4.61. The van der Waals surface area contributed by atoms with Gasteiger partial charge in [0.25, 0.3) is 11.6 Å². The number of aryl methyl sites for hydroxylation is 1. The molecule has 1 aromatic carbocycles. The number of hydrogen-bond donors (Lipinski definition) is 1. The number of hydrogen-bond acceptors (Lipinski definition) is 5. The number of nitrogens with one attached hydrogen (secondary N) is 1. The van der Waals surface area contributed by atoms with E-state index in [1.807, 2.05) is 0 Å². The standard InChI is InChI=1S/C14H16N2O5/c1-9(2)6-14(18)21-8-13(17)15-11-5-4-10(3)12(7-11)16(19)20/h4-7H,8H2,1-3H3,(H,15,17). The Hall–Kier alpha value is -2.70. The first-order valence-corrected chi connectivity index (χ1v) is 6.16. The lowest BCUT2D eigenvalue weighted by Gasteiger charge is -2.06. The molecule has 0 unspecified atom stereocenters. The highest BCUT2D eigenvalue weighted by atomic mass is 16.6. The van der Waals surface area contributed by atoms with Crippen LogP contribution in [0.5, 0.6) is 0 Å². The van der Waals surface area contributed by atoms with Crippen molar-refractivity contribution in [1.29, 1.82) is 0 Å². The Bertz CT molecular complexity index is 603. The Morgan fingerprint density at radius 2 is 2.05 bits per heavy atom. The molecule has 0 spiro atoms. The van der Waals surface area contributed by atoms with Gasteiger partial charge in [0.15, 0.2) is 6.61 Å². The molecule has 0 fully saturated rings. The maximum absolute atomic E-state index is 11.6. The van der Waals surface area contributed by atoms with Gasteiger partial charge >= 0.3 is 5.97 Å². The predicted octanol–water partition coefficient (Wildman–Crippen LogP) is 2.35. The molecular weight excluding hydrogens is 276 g/mol. The van der Waals surface area contributed by atoms with E-state index in [0.29, 0.717) is 5.56 Å². The van der Waals surface area contributed by atoms with E-state index in [2.05, 4.69) is 5.32 Å². The molecule has 0 bridgehead atoms. The molecular formula is C14H16N2O5.